The number of pyridine rings is 1. The summed E-state index contributed by atoms with van der Waals surface area (Å²) < 4.78 is 5.80. The molecule has 2 N–H and O–H groups in total. The molecule has 0 bridgehead atoms. The van der Waals surface area contributed by atoms with Crippen LogP contribution in [0, 0.1) is 12.8 Å². The van der Waals surface area contributed by atoms with E-state index in [1.54, 1.807) is 12.4 Å². The van der Waals surface area contributed by atoms with E-state index in [0.29, 0.717) is 18.1 Å². The third kappa shape index (κ3) is 4.55. The first-order valence-electron chi connectivity index (χ1n) is 8.40. The number of carbonyl (C=O) groups excluding carboxylic acids is 1. The second-order valence-corrected chi connectivity index (χ2v) is 6.22. The Kier molecular flexibility index (Phi) is 5.43. The summed E-state index contributed by atoms with van der Waals surface area (Å²) in [6.45, 7) is 4.07. The van der Waals surface area contributed by atoms with Crippen molar-refractivity contribution in [2.24, 2.45) is 5.92 Å². The van der Waals surface area contributed by atoms with Gasteiger partial charge < -0.3 is 15.4 Å². The molecule has 1 amide bonds. The van der Waals surface area contributed by atoms with Crippen LogP contribution < -0.4 is 15.4 Å². The van der Waals surface area contributed by atoms with Crippen LogP contribution in [0.3, 0.4) is 0 Å². The smallest absolute Gasteiger partial charge is 0.224 e. The molecule has 5 heteroatoms. The Morgan fingerprint density at radius 2 is 2.33 bits per heavy atom. The monoisotopic (exact) mass is 325 g/mol. The zero-order valence-electron chi connectivity index (χ0n) is 13.9. The van der Waals surface area contributed by atoms with E-state index in [1.165, 1.54) is 6.42 Å². The van der Waals surface area contributed by atoms with Crippen molar-refractivity contribution in [2.75, 3.05) is 18.4 Å². The molecular formula is C19H23N3O2. The zero-order chi connectivity index (χ0) is 16.8. The maximum absolute atomic E-state index is 12.1. The summed E-state index contributed by atoms with van der Waals surface area (Å²) in [5.74, 6) is 2.16. The molecule has 1 aromatic carbocycles. The van der Waals surface area contributed by atoms with E-state index < -0.39 is 0 Å². The second kappa shape index (κ2) is 7.93. The molecule has 2 aromatic rings. The molecule has 0 saturated carbocycles. The molecule has 0 aliphatic carbocycles. The average molecular weight is 325 g/mol. The number of hydrogen-bond acceptors (Lipinski definition) is 4. The SMILES string of the molecule is Cc1cc(NC(=O)CCC2CCNC2)ccc1Oc1cccnc1. The summed E-state index contributed by atoms with van der Waals surface area (Å²) in [6, 6.07) is 9.37. The molecule has 1 unspecified atom stereocenters. The first kappa shape index (κ1) is 16.5. The Labute approximate surface area is 142 Å². The number of nitrogens with zero attached hydrogens (tertiary/aromatic N) is 1. The van der Waals surface area contributed by atoms with E-state index >= 15 is 0 Å². The molecule has 3 rings (SSSR count). The molecule has 1 atom stereocenters. The number of amides is 1. The molecule has 24 heavy (non-hydrogen) atoms. The molecule has 0 spiro atoms. The molecule has 126 valence electrons. The van der Waals surface area contributed by atoms with Crippen LogP contribution in [0.15, 0.2) is 42.7 Å². The van der Waals surface area contributed by atoms with Gasteiger partial charge in [0, 0.05) is 18.3 Å². The van der Waals surface area contributed by atoms with Crippen molar-refractivity contribution in [1.29, 1.82) is 0 Å². The van der Waals surface area contributed by atoms with Crippen LogP contribution in [-0.2, 0) is 4.79 Å². The number of carbonyl (C=O) groups is 1. The average Bonchev–Trinajstić information content (AvgIpc) is 3.10. The summed E-state index contributed by atoms with van der Waals surface area (Å²) in [7, 11) is 0. The molecule has 2 heterocycles. The Bertz CT molecular complexity index is 682. The van der Waals surface area contributed by atoms with E-state index in [4.69, 9.17) is 4.74 Å². The number of aromatic nitrogens is 1. The van der Waals surface area contributed by atoms with Gasteiger partial charge >= 0.3 is 0 Å². The van der Waals surface area contributed by atoms with Gasteiger partial charge in [-0.3, -0.25) is 9.78 Å². The molecule has 1 aliphatic heterocycles. The van der Waals surface area contributed by atoms with Gasteiger partial charge in [0.2, 0.25) is 5.91 Å². The molecule has 1 fully saturated rings. The molecule has 5 nitrogen and oxygen atoms in total. The minimum absolute atomic E-state index is 0.0715. The summed E-state index contributed by atoms with van der Waals surface area (Å²) in [5, 5.41) is 6.30. The number of benzene rings is 1. The van der Waals surface area contributed by atoms with Crippen molar-refractivity contribution < 1.29 is 9.53 Å². The Morgan fingerprint density at radius 1 is 1.42 bits per heavy atom. The van der Waals surface area contributed by atoms with Gasteiger partial charge in [-0.05, 0) is 74.7 Å². The highest BCUT2D eigenvalue weighted by Crippen LogP contribution is 2.27. The lowest BCUT2D eigenvalue weighted by Gasteiger charge is -2.12. The standard InChI is InChI=1S/C19H23N3O2/c1-14-11-16(22-19(23)7-4-15-8-10-21-12-15)5-6-18(14)24-17-3-2-9-20-13-17/h2-3,5-6,9,11,13,15,21H,4,7-8,10,12H2,1H3,(H,22,23). The molecule has 0 radical (unpaired) electrons. The molecule has 1 aromatic heterocycles. The summed E-state index contributed by atoms with van der Waals surface area (Å²) in [6.07, 6.45) is 6.07. The van der Waals surface area contributed by atoms with Crippen LogP contribution in [0.4, 0.5) is 5.69 Å². The van der Waals surface area contributed by atoms with Crippen molar-refractivity contribution in [2.45, 2.75) is 26.2 Å². The summed E-state index contributed by atoms with van der Waals surface area (Å²) in [5.41, 5.74) is 1.78. The van der Waals surface area contributed by atoms with Crippen molar-refractivity contribution in [3.63, 3.8) is 0 Å². The normalized spacial score (nSPS) is 16.8. The zero-order valence-corrected chi connectivity index (χ0v) is 13.9. The lowest BCUT2D eigenvalue weighted by atomic mass is 10.0. The van der Waals surface area contributed by atoms with Crippen LogP contribution in [0.25, 0.3) is 0 Å². The Balaban J connectivity index is 1.54. The number of hydrogen-bond donors (Lipinski definition) is 2. The lowest BCUT2D eigenvalue weighted by Crippen LogP contribution is -2.15. The van der Waals surface area contributed by atoms with Crippen LogP contribution in [0.5, 0.6) is 11.5 Å². The van der Waals surface area contributed by atoms with Crippen molar-refractivity contribution >= 4 is 11.6 Å². The minimum Gasteiger partial charge on any atom is -0.455 e. The fourth-order valence-electron chi connectivity index (χ4n) is 2.90. The largest absolute Gasteiger partial charge is 0.455 e. The second-order valence-electron chi connectivity index (χ2n) is 6.22. The van der Waals surface area contributed by atoms with E-state index in [9.17, 15) is 4.79 Å². The summed E-state index contributed by atoms with van der Waals surface area (Å²) >= 11 is 0. The number of anilines is 1. The van der Waals surface area contributed by atoms with Crippen molar-refractivity contribution in [3.05, 3.63) is 48.3 Å². The van der Waals surface area contributed by atoms with Crippen molar-refractivity contribution in [3.8, 4) is 11.5 Å². The fraction of sp³-hybridized carbons (Fsp3) is 0.368. The molecular weight excluding hydrogens is 302 g/mol. The van der Waals surface area contributed by atoms with Crippen LogP contribution >= 0.6 is 0 Å². The van der Waals surface area contributed by atoms with Gasteiger partial charge in [-0.1, -0.05) is 0 Å². The number of nitrogens with one attached hydrogen (secondary N) is 2. The van der Waals surface area contributed by atoms with Crippen LogP contribution in [-0.4, -0.2) is 24.0 Å². The van der Waals surface area contributed by atoms with E-state index in [2.05, 4.69) is 15.6 Å². The van der Waals surface area contributed by atoms with Gasteiger partial charge in [0.1, 0.15) is 11.5 Å². The predicted octanol–water partition coefficient (Wildman–Crippen LogP) is 3.51. The highest BCUT2D eigenvalue weighted by molar-refractivity contribution is 5.90. The minimum atomic E-state index is 0.0715. The number of rotatable bonds is 6. The van der Waals surface area contributed by atoms with Gasteiger partial charge in [0.05, 0.1) is 6.20 Å². The van der Waals surface area contributed by atoms with Crippen LogP contribution in [0.1, 0.15) is 24.8 Å². The van der Waals surface area contributed by atoms with E-state index in [-0.39, 0.29) is 5.91 Å². The van der Waals surface area contributed by atoms with Crippen molar-refractivity contribution in [1.82, 2.24) is 10.3 Å². The quantitative estimate of drug-likeness (QED) is 0.853. The number of ether oxygens (including phenoxy) is 1. The summed E-state index contributed by atoms with van der Waals surface area (Å²) in [4.78, 5) is 16.1. The third-order valence-corrected chi connectivity index (χ3v) is 4.26. The first-order chi connectivity index (χ1) is 11.7. The molecule has 1 aliphatic rings. The van der Waals surface area contributed by atoms with Gasteiger partial charge in [-0.15, -0.1) is 0 Å². The van der Waals surface area contributed by atoms with E-state index in [1.807, 2.05) is 37.3 Å². The first-order valence-corrected chi connectivity index (χ1v) is 8.40. The highest BCUT2D eigenvalue weighted by atomic mass is 16.5. The van der Waals surface area contributed by atoms with E-state index in [0.717, 1.165) is 36.5 Å². The fourth-order valence-corrected chi connectivity index (χ4v) is 2.90. The topological polar surface area (TPSA) is 63.2 Å². The third-order valence-electron chi connectivity index (χ3n) is 4.26. The van der Waals surface area contributed by atoms with Gasteiger partial charge in [0.25, 0.3) is 0 Å². The Hall–Kier alpha value is -2.40. The highest BCUT2D eigenvalue weighted by Gasteiger charge is 2.15. The van der Waals surface area contributed by atoms with Gasteiger partial charge in [0.15, 0.2) is 0 Å². The Morgan fingerprint density at radius 3 is 3.04 bits per heavy atom. The molecule has 1 saturated heterocycles. The maximum atomic E-state index is 12.1. The predicted molar refractivity (Wildman–Crippen MR) is 94.3 cm³/mol. The maximum Gasteiger partial charge on any atom is 0.224 e. The van der Waals surface area contributed by atoms with Crippen LogP contribution in [0.2, 0.25) is 0 Å². The van der Waals surface area contributed by atoms with Gasteiger partial charge in [-0.25, -0.2) is 0 Å². The lowest BCUT2D eigenvalue weighted by molar-refractivity contribution is -0.116. The number of aryl methyl sites for hydroxylation is 1. The van der Waals surface area contributed by atoms with Gasteiger partial charge in [-0.2, -0.15) is 0 Å².